The normalized spacial score (nSPS) is 14.4. The third-order valence-electron chi connectivity index (χ3n) is 3.94. The van der Waals surface area contributed by atoms with Crippen LogP contribution in [0.15, 0.2) is 52.0 Å². The van der Waals surface area contributed by atoms with Crippen LogP contribution in [0.1, 0.15) is 54.0 Å². The Kier molecular flexibility index (Phi) is 8.20. The smallest absolute Gasteiger partial charge is 0.250 e. The Balaban J connectivity index is 3.15. The average molecular weight is 412 g/mol. The first-order valence-corrected chi connectivity index (χ1v) is 11.4. The summed E-state index contributed by atoms with van der Waals surface area (Å²) in [4.78, 5) is 0.257. The van der Waals surface area contributed by atoms with Crippen molar-refractivity contribution in [1.29, 1.82) is 0 Å². The molecule has 0 fully saturated rings. The molecule has 1 aromatic rings. The quantitative estimate of drug-likeness (QED) is 0.349. The number of ether oxygens (including phenoxy) is 1. The minimum Gasteiger partial charge on any atom is -0.501 e. The lowest BCUT2D eigenvalue weighted by molar-refractivity contribution is 0.257. The molecule has 0 heterocycles. The second kappa shape index (κ2) is 9.30. The Labute approximate surface area is 169 Å². The van der Waals surface area contributed by atoms with Crippen molar-refractivity contribution in [2.24, 2.45) is 10.8 Å². The van der Waals surface area contributed by atoms with Crippen molar-refractivity contribution >= 4 is 22.0 Å². The summed E-state index contributed by atoms with van der Waals surface area (Å²) in [5, 5.41) is 1.88. The lowest BCUT2D eigenvalue weighted by Crippen LogP contribution is -2.21. The molecule has 0 aliphatic carbocycles. The summed E-state index contributed by atoms with van der Waals surface area (Å²) in [6.07, 6.45) is 1.80. The van der Waals surface area contributed by atoms with Crippen molar-refractivity contribution in [2.45, 2.75) is 60.3 Å². The van der Waals surface area contributed by atoms with Gasteiger partial charge in [-0.05, 0) is 65.3 Å². The van der Waals surface area contributed by atoms with Crippen LogP contribution in [0.2, 0.25) is 0 Å². The number of hydrogen-bond donors (Lipinski definition) is 1. The zero-order valence-electron chi connectivity index (χ0n) is 17.7. The number of hydrogen-bond acceptors (Lipinski definition) is 4. The van der Waals surface area contributed by atoms with Crippen molar-refractivity contribution in [3.05, 3.63) is 52.6 Å². The van der Waals surface area contributed by atoms with Crippen LogP contribution in [0.4, 0.5) is 0 Å². The van der Waals surface area contributed by atoms with Crippen molar-refractivity contribution in [3.8, 4) is 0 Å². The van der Waals surface area contributed by atoms with E-state index in [2.05, 4.69) is 45.7 Å². The molecule has 27 heavy (non-hydrogen) atoms. The van der Waals surface area contributed by atoms with Gasteiger partial charge in [-0.15, -0.1) is 0 Å². The van der Waals surface area contributed by atoms with Crippen molar-refractivity contribution in [1.82, 2.24) is 4.13 Å². The summed E-state index contributed by atoms with van der Waals surface area (Å²) in [7, 11) is -3.58. The Morgan fingerprint density at radius 1 is 1.04 bits per heavy atom. The van der Waals surface area contributed by atoms with Crippen LogP contribution in [0, 0.1) is 17.8 Å². The average Bonchev–Trinajstić information content (AvgIpc) is 2.51. The highest BCUT2D eigenvalue weighted by Crippen LogP contribution is 2.41. The summed E-state index contributed by atoms with van der Waals surface area (Å²) in [6.45, 7) is 17.2. The third kappa shape index (κ3) is 7.35. The van der Waals surface area contributed by atoms with E-state index in [-0.39, 0.29) is 15.7 Å². The highest BCUT2D eigenvalue weighted by molar-refractivity contribution is 8.10. The zero-order chi connectivity index (χ0) is 20.9. The molecule has 1 N–H and O–H groups in total. The standard InChI is InChI=1S/C21H33NO3S2/c1-9-25-14-18(20(3,4)5)19(21(6,7)8)15-26-22-27(23,24)17-12-10-16(2)11-13-17/h10-15,22H,9H2,1-8H3/b18-14+,19-15-. The van der Waals surface area contributed by atoms with Gasteiger partial charge in [0.2, 0.25) is 10.0 Å². The summed E-state index contributed by atoms with van der Waals surface area (Å²) < 4.78 is 33.2. The van der Waals surface area contributed by atoms with Gasteiger partial charge in [-0.1, -0.05) is 59.2 Å². The third-order valence-corrected chi connectivity index (χ3v) is 6.45. The van der Waals surface area contributed by atoms with Gasteiger partial charge >= 0.3 is 0 Å². The summed E-state index contributed by atoms with van der Waals surface area (Å²) in [5.41, 5.74) is 2.81. The lowest BCUT2D eigenvalue weighted by Gasteiger charge is -2.32. The molecule has 1 aromatic carbocycles. The molecule has 0 aliphatic rings. The summed E-state index contributed by atoms with van der Waals surface area (Å²) in [6, 6.07) is 6.81. The van der Waals surface area contributed by atoms with Gasteiger partial charge in [0.25, 0.3) is 0 Å². The highest BCUT2D eigenvalue weighted by Gasteiger charge is 2.29. The molecule has 6 heteroatoms. The number of benzene rings is 1. The van der Waals surface area contributed by atoms with Gasteiger partial charge in [0.05, 0.1) is 17.8 Å². The topological polar surface area (TPSA) is 55.4 Å². The van der Waals surface area contributed by atoms with Gasteiger partial charge in [0, 0.05) is 0 Å². The molecule has 0 spiro atoms. The molecule has 4 nitrogen and oxygen atoms in total. The van der Waals surface area contributed by atoms with E-state index in [1.807, 2.05) is 19.3 Å². The molecule has 0 radical (unpaired) electrons. The van der Waals surface area contributed by atoms with E-state index in [1.165, 1.54) is 0 Å². The van der Waals surface area contributed by atoms with Crippen LogP contribution in [-0.2, 0) is 14.8 Å². The van der Waals surface area contributed by atoms with Crippen LogP contribution >= 0.6 is 11.9 Å². The summed E-state index contributed by atoms with van der Waals surface area (Å²) >= 11 is 1.08. The van der Waals surface area contributed by atoms with Crippen molar-refractivity contribution < 1.29 is 13.2 Å². The second-order valence-corrected chi connectivity index (χ2v) is 11.2. The largest absolute Gasteiger partial charge is 0.501 e. The number of sulfonamides is 1. The molecule has 1 rings (SSSR count). The maximum Gasteiger partial charge on any atom is 0.250 e. The van der Waals surface area contributed by atoms with E-state index in [1.54, 1.807) is 30.5 Å². The van der Waals surface area contributed by atoms with E-state index < -0.39 is 10.0 Å². The SMILES string of the molecule is CCO/C=C(\C(=C\SNS(=O)(=O)c1ccc(C)cc1)C(C)(C)C)C(C)(C)C. The van der Waals surface area contributed by atoms with E-state index in [9.17, 15) is 8.42 Å². The van der Waals surface area contributed by atoms with Gasteiger partial charge < -0.3 is 4.74 Å². The first-order valence-electron chi connectivity index (χ1n) is 9.06. The molecule has 0 saturated heterocycles. The molecule has 152 valence electrons. The van der Waals surface area contributed by atoms with Gasteiger partial charge in [-0.3, -0.25) is 0 Å². The minimum atomic E-state index is -3.58. The Morgan fingerprint density at radius 2 is 1.56 bits per heavy atom. The Hall–Kier alpha value is -1.24. The number of allylic oxidation sites excluding steroid dienone is 2. The van der Waals surface area contributed by atoms with E-state index in [4.69, 9.17) is 4.74 Å². The van der Waals surface area contributed by atoms with Gasteiger partial charge in [-0.2, -0.15) is 4.13 Å². The molecule has 0 aliphatic heterocycles. The molecular weight excluding hydrogens is 378 g/mol. The van der Waals surface area contributed by atoms with E-state index in [0.29, 0.717) is 6.61 Å². The minimum absolute atomic E-state index is 0.134. The number of rotatable bonds is 7. The maximum atomic E-state index is 12.5. The predicted molar refractivity (Wildman–Crippen MR) is 116 cm³/mol. The summed E-state index contributed by atoms with van der Waals surface area (Å²) in [5.74, 6) is 0. The fraction of sp³-hybridized carbons (Fsp3) is 0.524. The van der Waals surface area contributed by atoms with Crippen LogP contribution < -0.4 is 4.13 Å². The van der Waals surface area contributed by atoms with E-state index >= 15 is 0 Å². The van der Waals surface area contributed by atoms with Crippen LogP contribution in [-0.4, -0.2) is 15.0 Å². The van der Waals surface area contributed by atoms with Gasteiger partial charge in [0.15, 0.2) is 0 Å². The first kappa shape index (κ1) is 23.8. The molecule has 0 atom stereocenters. The second-order valence-electron chi connectivity index (χ2n) is 8.54. The van der Waals surface area contributed by atoms with Crippen LogP contribution in [0.3, 0.4) is 0 Å². The fourth-order valence-electron chi connectivity index (χ4n) is 2.37. The van der Waals surface area contributed by atoms with Gasteiger partial charge in [-0.25, -0.2) is 8.42 Å². The monoisotopic (exact) mass is 411 g/mol. The van der Waals surface area contributed by atoms with Gasteiger partial charge in [0.1, 0.15) is 0 Å². The molecule has 0 aromatic heterocycles. The molecular formula is C21H33NO3S2. The number of nitrogens with one attached hydrogen (secondary N) is 1. The van der Waals surface area contributed by atoms with Crippen molar-refractivity contribution in [2.75, 3.05) is 6.61 Å². The lowest BCUT2D eigenvalue weighted by atomic mass is 9.74. The maximum absolute atomic E-state index is 12.5. The van der Waals surface area contributed by atoms with Crippen LogP contribution in [0.25, 0.3) is 0 Å². The van der Waals surface area contributed by atoms with Crippen molar-refractivity contribution in [3.63, 3.8) is 0 Å². The fourth-order valence-corrected chi connectivity index (χ4v) is 4.54. The molecule has 0 amide bonds. The molecule has 0 saturated carbocycles. The molecule has 0 bridgehead atoms. The Morgan fingerprint density at radius 3 is 2.00 bits per heavy atom. The number of aryl methyl sites for hydroxylation is 1. The zero-order valence-corrected chi connectivity index (χ0v) is 19.3. The predicted octanol–water partition coefficient (Wildman–Crippen LogP) is 5.82. The molecule has 0 unspecified atom stereocenters. The highest BCUT2D eigenvalue weighted by atomic mass is 32.3. The first-order chi connectivity index (χ1) is 12.3. The Bertz CT molecular complexity index is 778. The van der Waals surface area contributed by atoms with Crippen LogP contribution in [0.5, 0.6) is 0 Å². The van der Waals surface area contributed by atoms with E-state index in [0.717, 1.165) is 28.7 Å².